The van der Waals surface area contributed by atoms with Gasteiger partial charge >= 0.3 is 0 Å². The lowest BCUT2D eigenvalue weighted by molar-refractivity contribution is 1.08. The topological polar surface area (TPSA) is 43.6 Å². The fraction of sp³-hybridized carbons (Fsp3) is 0. The largest absolute Gasteiger partial charge is 0.309 e. The van der Waals surface area contributed by atoms with Crippen LogP contribution >= 0.6 is 0 Å². The SMILES string of the molecule is c1ccc(-c2ccc(-c3nc(-c4ccccc4)nc(-c4cccc5c6ccccc6c6cc(-c7ccc8c(c7)c7ccccc7n8-c7ccc8ccccc8c7)ccc6c45)n3)cc2)cc1. The molecule has 2 aromatic heterocycles. The van der Waals surface area contributed by atoms with Crippen LogP contribution in [0.5, 0.6) is 0 Å². The molecule has 0 aliphatic carbocycles. The molecule has 0 N–H and O–H groups in total. The summed E-state index contributed by atoms with van der Waals surface area (Å²) in [6.45, 7) is 0. The average Bonchev–Trinajstić information content (AvgIpc) is 3.72. The van der Waals surface area contributed by atoms with Crippen molar-refractivity contribution in [3.63, 3.8) is 0 Å². The van der Waals surface area contributed by atoms with Gasteiger partial charge in [-0.1, -0.05) is 194 Å². The summed E-state index contributed by atoms with van der Waals surface area (Å²) in [6, 6.07) is 82.4. The van der Waals surface area contributed by atoms with Gasteiger partial charge in [-0.05, 0) is 96.4 Å². The molecule has 0 bridgehead atoms. The third kappa shape index (κ3) is 6.18. The third-order valence-corrected chi connectivity index (χ3v) is 13.0. The minimum atomic E-state index is 0.634. The van der Waals surface area contributed by atoms with Crippen LogP contribution in [0.15, 0.2) is 231 Å². The molecule has 0 saturated carbocycles. The monoisotopic (exact) mass is 826 g/mol. The van der Waals surface area contributed by atoms with E-state index in [2.05, 4.69) is 211 Å². The van der Waals surface area contributed by atoms with Crippen molar-refractivity contribution >= 4 is 64.9 Å². The minimum Gasteiger partial charge on any atom is -0.309 e. The van der Waals surface area contributed by atoms with Gasteiger partial charge in [-0.2, -0.15) is 0 Å². The van der Waals surface area contributed by atoms with E-state index in [9.17, 15) is 0 Å². The molecule has 13 rings (SSSR count). The molecule has 302 valence electrons. The Morgan fingerprint density at radius 1 is 0.262 bits per heavy atom. The van der Waals surface area contributed by atoms with Crippen LogP contribution in [0.3, 0.4) is 0 Å². The van der Waals surface area contributed by atoms with E-state index in [1.54, 1.807) is 0 Å². The van der Waals surface area contributed by atoms with Crippen molar-refractivity contribution in [3.8, 4) is 62.1 Å². The summed E-state index contributed by atoms with van der Waals surface area (Å²) in [5.74, 6) is 1.91. The number of aromatic nitrogens is 4. The second-order valence-electron chi connectivity index (χ2n) is 16.8. The van der Waals surface area contributed by atoms with Crippen molar-refractivity contribution in [3.05, 3.63) is 231 Å². The van der Waals surface area contributed by atoms with Crippen LogP contribution in [-0.2, 0) is 0 Å². The van der Waals surface area contributed by atoms with Gasteiger partial charge < -0.3 is 4.57 Å². The Kier molecular flexibility index (Phi) is 8.50. The van der Waals surface area contributed by atoms with Crippen molar-refractivity contribution in [2.24, 2.45) is 0 Å². The molecule has 0 amide bonds. The number of nitrogens with zero attached hydrogens (tertiary/aromatic N) is 4. The first kappa shape index (κ1) is 36.9. The molecule has 4 heteroatoms. The summed E-state index contributed by atoms with van der Waals surface area (Å²) in [5, 5.41) is 12.0. The lowest BCUT2D eigenvalue weighted by Crippen LogP contribution is -2.01. The second kappa shape index (κ2) is 15.0. The molecule has 11 aromatic carbocycles. The van der Waals surface area contributed by atoms with Crippen molar-refractivity contribution < 1.29 is 0 Å². The maximum Gasteiger partial charge on any atom is 0.164 e. The van der Waals surface area contributed by atoms with Crippen molar-refractivity contribution in [1.82, 2.24) is 19.5 Å². The molecular weight excluding hydrogens is 789 g/mol. The molecule has 0 fully saturated rings. The molecule has 0 aliphatic heterocycles. The molecule has 4 nitrogen and oxygen atoms in total. The summed E-state index contributed by atoms with van der Waals surface area (Å²) in [7, 11) is 0. The highest BCUT2D eigenvalue weighted by atomic mass is 15.0. The average molecular weight is 827 g/mol. The summed E-state index contributed by atoms with van der Waals surface area (Å²) in [4.78, 5) is 15.6. The zero-order valence-corrected chi connectivity index (χ0v) is 35.2. The van der Waals surface area contributed by atoms with E-state index >= 15 is 0 Å². The predicted octanol–water partition coefficient (Wildman–Crippen LogP) is 15.9. The van der Waals surface area contributed by atoms with Gasteiger partial charge in [0.1, 0.15) is 0 Å². The van der Waals surface area contributed by atoms with Crippen molar-refractivity contribution in [2.75, 3.05) is 0 Å². The van der Waals surface area contributed by atoms with E-state index in [4.69, 9.17) is 15.0 Å². The van der Waals surface area contributed by atoms with E-state index < -0.39 is 0 Å². The van der Waals surface area contributed by atoms with Gasteiger partial charge in [0.2, 0.25) is 0 Å². The van der Waals surface area contributed by atoms with E-state index in [1.165, 1.54) is 59.9 Å². The Labute approximate surface area is 375 Å². The summed E-state index contributed by atoms with van der Waals surface area (Å²) in [6.07, 6.45) is 0. The summed E-state index contributed by atoms with van der Waals surface area (Å²) in [5.41, 5.74) is 11.0. The van der Waals surface area contributed by atoms with E-state index in [0.717, 1.165) is 49.7 Å². The molecule has 0 radical (unpaired) electrons. The molecular formula is C61H38N4. The lowest BCUT2D eigenvalue weighted by atomic mass is 9.89. The highest BCUT2D eigenvalue weighted by molar-refractivity contribution is 6.28. The number of benzene rings is 11. The maximum atomic E-state index is 5.27. The molecule has 2 heterocycles. The normalized spacial score (nSPS) is 11.7. The first-order valence-electron chi connectivity index (χ1n) is 22.1. The molecule has 0 saturated heterocycles. The Hall–Kier alpha value is -8.73. The third-order valence-electron chi connectivity index (χ3n) is 13.0. The second-order valence-corrected chi connectivity index (χ2v) is 16.8. The Morgan fingerprint density at radius 2 is 0.769 bits per heavy atom. The molecule has 0 atom stereocenters. The zero-order chi connectivity index (χ0) is 42.8. The van der Waals surface area contributed by atoms with Crippen LogP contribution in [0.1, 0.15) is 0 Å². The van der Waals surface area contributed by atoms with Gasteiger partial charge in [-0.3, -0.25) is 0 Å². The van der Waals surface area contributed by atoms with Gasteiger partial charge in [0.25, 0.3) is 0 Å². The van der Waals surface area contributed by atoms with E-state index in [1.807, 2.05) is 24.3 Å². The molecule has 0 spiro atoms. The van der Waals surface area contributed by atoms with Crippen LogP contribution < -0.4 is 0 Å². The summed E-state index contributed by atoms with van der Waals surface area (Å²) >= 11 is 0. The quantitative estimate of drug-likeness (QED) is 0.157. The van der Waals surface area contributed by atoms with Gasteiger partial charge in [0.15, 0.2) is 17.5 Å². The standard InChI is InChI=1S/C61H38N4/c1-3-14-39(15-4-1)41-26-28-43(29-27-41)60-62-59(42-17-5-2-6-18-42)63-61(64-60)53-24-13-23-51-48-20-9-10-21-49(48)54-37-45(31-34-52(54)58(51)53)46-32-35-57-55(38-46)50-22-11-12-25-56(50)65(57)47-33-30-40-16-7-8-19-44(40)36-47/h1-38H. The number of fused-ring (bicyclic) bond motifs is 10. The predicted molar refractivity (Wildman–Crippen MR) is 271 cm³/mol. The van der Waals surface area contributed by atoms with Crippen molar-refractivity contribution in [2.45, 2.75) is 0 Å². The van der Waals surface area contributed by atoms with Crippen LogP contribution in [-0.4, -0.2) is 19.5 Å². The highest BCUT2D eigenvalue weighted by Gasteiger charge is 2.19. The van der Waals surface area contributed by atoms with Crippen LogP contribution in [0, 0.1) is 0 Å². The number of hydrogen-bond donors (Lipinski definition) is 0. The Balaban J connectivity index is 0.990. The van der Waals surface area contributed by atoms with E-state index in [-0.39, 0.29) is 0 Å². The molecule has 0 unspecified atom stereocenters. The first-order valence-corrected chi connectivity index (χ1v) is 22.1. The van der Waals surface area contributed by atoms with Crippen LogP contribution in [0.25, 0.3) is 127 Å². The van der Waals surface area contributed by atoms with Gasteiger partial charge in [-0.25, -0.2) is 15.0 Å². The fourth-order valence-electron chi connectivity index (χ4n) is 9.90. The van der Waals surface area contributed by atoms with Crippen LogP contribution in [0.4, 0.5) is 0 Å². The summed E-state index contributed by atoms with van der Waals surface area (Å²) < 4.78 is 2.40. The number of para-hydroxylation sites is 1. The molecule has 13 aromatic rings. The highest BCUT2D eigenvalue weighted by Crippen LogP contribution is 2.43. The number of hydrogen-bond acceptors (Lipinski definition) is 3. The van der Waals surface area contributed by atoms with Crippen molar-refractivity contribution in [1.29, 1.82) is 0 Å². The van der Waals surface area contributed by atoms with E-state index in [0.29, 0.717) is 17.5 Å². The lowest BCUT2D eigenvalue weighted by Gasteiger charge is -2.16. The zero-order valence-electron chi connectivity index (χ0n) is 35.2. The van der Waals surface area contributed by atoms with Crippen LogP contribution in [0.2, 0.25) is 0 Å². The smallest absolute Gasteiger partial charge is 0.164 e. The molecule has 65 heavy (non-hydrogen) atoms. The first-order chi connectivity index (χ1) is 32.2. The minimum absolute atomic E-state index is 0.634. The van der Waals surface area contributed by atoms with Gasteiger partial charge in [0, 0.05) is 38.5 Å². The number of rotatable bonds is 6. The Bertz CT molecular complexity index is 3980. The molecule has 0 aliphatic rings. The van der Waals surface area contributed by atoms with Gasteiger partial charge in [-0.15, -0.1) is 0 Å². The maximum absolute atomic E-state index is 5.27. The fourth-order valence-corrected chi connectivity index (χ4v) is 9.90. The van der Waals surface area contributed by atoms with Gasteiger partial charge in [0.05, 0.1) is 11.0 Å². The Morgan fingerprint density at radius 3 is 1.54 bits per heavy atom.